The minimum Gasteiger partial charge on any atom is -0.381 e. The standard InChI is InChI=1S/C36H38FN3O3/c1-2-31(25-10-5-3-6-11-25)38-36(42)33-28-14-9-15-30(37)35(28)39-34(26-12-7-4-8-13-26)29(33)22-24-16-19-40(32(41)23-24)27-17-20-43-21-18-27/h3-15,24,27,31H,2,16-23H2,1H3,(H,38,42). The number of carbonyl (C=O) groups is 2. The van der Waals surface area contributed by atoms with Gasteiger partial charge in [0.2, 0.25) is 5.91 Å². The molecule has 6 rings (SSSR count). The molecule has 222 valence electrons. The van der Waals surface area contributed by atoms with Gasteiger partial charge in [0.05, 0.1) is 17.3 Å². The number of hydrogen-bond acceptors (Lipinski definition) is 4. The van der Waals surface area contributed by atoms with Crippen molar-refractivity contribution in [3.63, 3.8) is 0 Å². The van der Waals surface area contributed by atoms with Crippen LogP contribution < -0.4 is 5.32 Å². The number of aromatic nitrogens is 1. The molecule has 43 heavy (non-hydrogen) atoms. The number of likely N-dealkylation sites (tertiary alicyclic amines) is 1. The van der Waals surface area contributed by atoms with Gasteiger partial charge in [-0.2, -0.15) is 0 Å². The first-order valence-electron chi connectivity index (χ1n) is 15.4. The van der Waals surface area contributed by atoms with Crippen molar-refractivity contribution in [2.75, 3.05) is 19.8 Å². The summed E-state index contributed by atoms with van der Waals surface area (Å²) in [6.45, 7) is 4.12. The molecule has 6 nitrogen and oxygen atoms in total. The number of para-hydroxylation sites is 1. The van der Waals surface area contributed by atoms with Crippen LogP contribution in [0.1, 0.15) is 66.6 Å². The van der Waals surface area contributed by atoms with E-state index >= 15 is 4.39 Å². The number of ether oxygens (including phenoxy) is 1. The normalized spacial score (nSPS) is 18.5. The quantitative estimate of drug-likeness (QED) is 0.247. The van der Waals surface area contributed by atoms with Crippen molar-refractivity contribution in [3.05, 3.63) is 101 Å². The summed E-state index contributed by atoms with van der Waals surface area (Å²) in [6, 6.07) is 24.4. The highest BCUT2D eigenvalue weighted by molar-refractivity contribution is 6.09. The van der Waals surface area contributed by atoms with Gasteiger partial charge >= 0.3 is 0 Å². The van der Waals surface area contributed by atoms with Gasteiger partial charge in [0.1, 0.15) is 11.3 Å². The predicted molar refractivity (Wildman–Crippen MR) is 166 cm³/mol. The smallest absolute Gasteiger partial charge is 0.252 e. The van der Waals surface area contributed by atoms with Crippen LogP contribution in [0.4, 0.5) is 4.39 Å². The van der Waals surface area contributed by atoms with Crippen LogP contribution in [0.5, 0.6) is 0 Å². The van der Waals surface area contributed by atoms with Crippen LogP contribution >= 0.6 is 0 Å². The molecule has 2 unspecified atom stereocenters. The Kier molecular flexibility index (Phi) is 8.79. The third-order valence-corrected chi connectivity index (χ3v) is 8.94. The van der Waals surface area contributed by atoms with E-state index in [4.69, 9.17) is 9.72 Å². The Balaban J connectivity index is 1.41. The van der Waals surface area contributed by atoms with E-state index in [-0.39, 0.29) is 35.3 Å². The molecule has 0 spiro atoms. The van der Waals surface area contributed by atoms with Crippen LogP contribution in [0.15, 0.2) is 78.9 Å². The first-order valence-corrected chi connectivity index (χ1v) is 15.4. The average Bonchev–Trinajstić information content (AvgIpc) is 3.04. The fraction of sp³-hybridized carbons (Fsp3) is 0.361. The number of fused-ring (bicyclic) bond motifs is 1. The van der Waals surface area contributed by atoms with Crippen LogP contribution in [0, 0.1) is 11.7 Å². The Morgan fingerprint density at radius 2 is 1.72 bits per heavy atom. The first-order chi connectivity index (χ1) is 21.0. The van der Waals surface area contributed by atoms with Gasteiger partial charge in [-0.25, -0.2) is 9.37 Å². The fourth-order valence-corrected chi connectivity index (χ4v) is 6.68. The average molecular weight is 580 g/mol. The Morgan fingerprint density at radius 3 is 2.42 bits per heavy atom. The summed E-state index contributed by atoms with van der Waals surface area (Å²) >= 11 is 0. The van der Waals surface area contributed by atoms with E-state index in [1.54, 1.807) is 12.1 Å². The van der Waals surface area contributed by atoms with Gasteiger partial charge < -0.3 is 15.0 Å². The van der Waals surface area contributed by atoms with Crippen molar-refractivity contribution in [1.82, 2.24) is 15.2 Å². The second-order valence-electron chi connectivity index (χ2n) is 11.7. The van der Waals surface area contributed by atoms with Crippen LogP contribution in [0.2, 0.25) is 0 Å². The Bertz CT molecular complexity index is 1590. The van der Waals surface area contributed by atoms with E-state index in [1.165, 1.54) is 6.07 Å². The van der Waals surface area contributed by atoms with Gasteiger partial charge in [0.15, 0.2) is 0 Å². The summed E-state index contributed by atoms with van der Waals surface area (Å²) in [5, 5.41) is 3.74. The summed E-state index contributed by atoms with van der Waals surface area (Å²) in [5.41, 5.74) is 3.81. The van der Waals surface area contributed by atoms with E-state index < -0.39 is 5.82 Å². The zero-order chi connectivity index (χ0) is 29.8. The van der Waals surface area contributed by atoms with Crippen LogP contribution in [0.3, 0.4) is 0 Å². The molecule has 0 aliphatic carbocycles. The Hall–Kier alpha value is -4.10. The SMILES string of the molecule is CCC(NC(=O)c1c(CC2CCN(C3CCOCC3)C(=O)C2)c(-c2ccccc2)nc2c(F)cccc12)c1ccccc1. The molecule has 1 aromatic heterocycles. The maximum absolute atomic E-state index is 15.3. The molecule has 7 heteroatoms. The maximum atomic E-state index is 15.3. The zero-order valence-corrected chi connectivity index (χ0v) is 24.6. The molecule has 2 amide bonds. The van der Waals surface area contributed by atoms with Gasteiger partial charge in [-0.15, -0.1) is 0 Å². The van der Waals surface area contributed by atoms with Gasteiger partial charge in [0.25, 0.3) is 5.91 Å². The van der Waals surface area contributed by atoms with Crippen molar-refractivity contribution in [2.45, 2.75) is 57.5 Å². The van der Waals surface area contributed by atoms with E-state index in [1.807, 2.05) is 72.5 Å². The Labute approximate surface area is 252 Å². The maximum Gasteiger partial charge on any atom is 0.252 e. The second kappa shape index (κ2) is 13.0. The number of rotatable bonds is 8. The molecule has 3 aromatic carbocycles. The predicted octanol–water partition coefficient (Wildman–Crippen LogP) is 6.88. The lowest BCUT2D eigenvalue weighted by molar-refractivity contribution is -0.139. The molecule has 2 aliphatic heterocycles. The lowest BCUT2D eigenvalue weighted by atomic mass is 9.84. The number of nitrogens with zero attached hydrogens (tertiary/aromatic N) is 2. The number of pyridine rings is 1. The number of amides is 2. The van der Waals surface area contributed by atoms with Gasteiger partial charge in [-0.3, -0.25) is 9.59 Å². The summed E-state index contributed by atoms with van der Waals surface area (Å²) in [5.74, 6) is -0.524. The number of piperidine rings is 1. The highest BCUT2D eigenvalue weighted by Gasteiger charge is 2.34. The van der Waals surface area contributed by atoms with Gasteiger partial charge in [0, 0.05) is 43.2 Å². The molecule has 2 fully saturated rings. The first kappa shape index (κ1) is 29.0. The third-order valence-electron chi connectivity index (χ3n) is 8.94. The van der Waals surface area contributed by atoms with Crippen LogP contribution in [0.25, 0.3) is 22.2 Å². The summed E-state index contributed by atoms with van der Waals surface area (Å²) < 4.78 is 20.8. The Morgan fingerprint density at radius 1 is 1.00 bits per heavy atom. The summed E-state index contributed by atoms with van der Waals surface area (Å²) in [6.07, 6.45) is 4.20. The molecule has 0 bridgehead atoms. The molecule has 0 saturated carbocycles. The van der Waals surface area contributed by atoms with Crippen molar-refractivity contribution in [1.29, 1.82) is 0 Å². The van der Waals surface area contributed by atoms with Crippen molar-refractivity contribution in [3.8, 4) is 11.3 Å². The minimum absolute atomic E-state index is 0.0431. The highest BCUT2D eigenvalue weighted by atomic mass is 19.1. The largest absolute Gasteiger partial charge is 0.381 e. The van der Waals surface area contributed by atoms with Crippen LogP contribution in [-0.4, -0.2) is 47.5 Å². The molecule has 4 aromatic rings. The van der Waals surface area contributed by atoms with E-state index in [2.05, 4.69) is 5.32 Å². The summed E-state index contributed by atoms with van der Waals surface area (Å²) in [4.78, 5) is 34.6. The molecular formula is C36H38FN3O3. The number of benzene rings is 3. The topological polar surface area (TPSA) is 71.5 Å². The second-order valence-corrected chi connectivity index (χ2v) is 11.7. The highest BCUT2D eigenvalue weighted by Crippen LogP contribution is 2.36. The van der Waals surface area contributed by atoms with Crippen molar-refractivity contribution < 1.29 is 18.7 Å². The molecule has 2 atom stereocenters. The fourth-order valence-electron chi connectivity index (χ4n) is 6.68. The molecule has 0 radical (unpaired) electrons. The molecule has 2 aliphatic rings. The molecule has 3 heterocycles. The van der Waals surface area contributed by atoms with Gasteiger partial charge in [-0.05, 0) is 55.2 Å². The van der Waals surface area contributed by atoms with E-state index in [0.29, 0.717) is 55.7 Å². The number of carbonyl (C=O) groups excluding carboxylic acids is 2. The third kappa shape index (κ3) is 6.18. The number of nitrogens with one attached hydrogen (secondary N) is 1. The van der Waals surface area contributed by atoms with Crippen LogP contribution in [-0.2, 0) is 16.0 Å². The van der Waals surface area contributed by atoms with Crippen molar-refractivity contribution >= 4 is 22.7 Å². The monoisotopic (exact) mass is 579 g/mol. The lowest BCUT2D eigenvalue weighted by Crippen LogP contribution is -2.47. The minimum atomic E-state index is -0.467. The van der Waals surface area contributed by atoms with E-state index in [0.717, 1.165) is 36.0 Å². The molecular weight excluding hydrogens is 541 g/mol. The molecule has 1 N–H and O–H groups in total. The number of hydrogen-bond donors (Lipinski definition) is 1. The van der Waals surface area contributed by atoms with E-state index in [9.17, 15) is 9.59 Å². The molecule has 2 saturated heterocycles. The number of halogens is 1. The van der Waals surface area contributed by atoms with Gasteiger partial charge in [-0.1, -0.05) is 79.7 Å². The summed E-state index contributed by atoms with van der Waals surface area (Å²) in [7, 11) is 0. The van der Waals surface area contributed by atoms with Crippen molar-refractivity contribution in [2.24, 2.45) is 5.92 Å². The zero-order valence-electron chi connectivity index (χ0n) is 24.6. The lowest BCUT2D eigenvalue weighted by Gasteiger charge is -2.39.